The predicted molar refractivity (Wildman–Crippen MR) is 204 cm³/mol. The summed E-state index contributed by atoms with van der Waals surface area (Å²) in [6, 6.07) is 53.3. The molecular weight excluding hydrogens is 613 g/mol. The summed E-state index contributed by atoms with van der Waals surface area (Å²) < 4.78 is 2.18. The topological polar surface area (TPSA) is 42.3 Å². The van der Waals surface area contributed by atoms with Crippen LogP contribution in [0.25, 0.3) is 60.9 Å². The molecule has 0 N–H and O–H groups in total. The normalized spacial score (nSPS) is 12.6. The lowest BCUT2D eigenvalue weighted by Crippen LogP contribution is -2.29. The zero-order valence-electron chi connectivity index (χ0n) is 27.7. The smallest absolute Gasteiger partial charge is 0.268 e. The fourth-order valence-electron chi connectivity index (χ4n) is 7.43. The van der Waals surface area contributed by atoms with Crippen molar-refractivity contribution in [1.29, 1.82) is 0 Å². The first-order chi connectivity index (χ1) is 24.4. The van der Waals surface area contributed by atoms with E-state index < -0.39 is 0 Å². The zero-order valence-corrected chi connectivity index (χ0v) is 27.7. The molecule has 50 heavy (non-hydrogen) atoms. The maximum atomic E-state index is 14.6. The second-order valence-corrected chi connectivity index (χ2v) is 13.1. The molecule has 2 amide bonds. The van der Waals surface area contributed by atoms with Crippen molar-refractivity contribution in [2.24, 2.45) is 0 Å². The number of imide groups is 1. The first-order valence-corrected chi connectivity index (χ1v) is 16.8. The molecule has 1 aromatic heterocycles. The number of nitrogens with zero attached hydrogens (tertiary/aromatic N) is 2. The number of anilines is 1. The van der Waals surface area contributed by atoms with Crippen LogP contribution in [0.2, 0.25) is 0 Å². The second kappa shape index (κ2) is 11.6. The van der Waals surface area contributed by atoms with Crippen molar-refractivity contribution in [3.05, 3.63) is 180 Å². The third kappa shape index (κ3) is 4.76. The molecule has 4 nitrogen and oxygen atoms in total. The van der Waals surface area contributed by atoms with Gasteiger partial charge in [0.25, 0.3) is 11.8 Å². The molecule has 0 fully saturated rings. The van der Waals surface area contributed by atoms with E-state index in [2.05, 4.69) is 103 Å². The number of amides is 2. The number of aryl methyl sites for hydroxylation is 2. The van der Waals surface area contributed by atoms with E-state index in [-0.39, 0.29) is 11.8 Å². The maximum Gasteiger partial charge on any atom is 0.268 e. The molecule has 0 unspecified atom stereocenters. The number of rotatable bonds is 5. The standard InChI is InChI=1S/C46H32N2O2/c1-29-10-6-14-32(24-29)35-20-22-38-39-23-21-36(33-15-7-11-30(2)25-33)28-43(39)48(42(38)27-35)41-19-9-18-40-44(41)46(50)47(45(40)49)37-17-8-16-34(26-37)31-12-4-3-5-13-31/h3-28H,1-2H3. The Bertz CT molecular complexity index is 2560. The third-order valence-corrected chi connectivity index (χ3v) is 9.82. The lowest BCUT2D eigenvalue weighted by Gasteiger charge is -2.16. The SMILES string of the molecule is Cc1cccc(-c2ccc3c4ccc(-c5cccc(C)c5)cc4n(-c4cccc5c4C(=O)N(c4cccc(-c6ccccc6)c4)C5=O)c3c2)c1. The van der Waals surface area contributed by atoms with E-state index in [1.165, 1.54) is 16.0 Å². The van der Waals surface area contributed by atoms with Crippen LogP contribution in [0.5, 0.6) is 0 Å². The molecule has 0 spiro atoms. The summed E-state index contributed by atoms with van der Waals surface area (Å²) in [5.74, 6) is -0.649. The van der Waals surface area contributed by atoms with Crippen LogP contribution in [0.3, 0.4) is 0 Å². The van der Waals surface area contributed by atoms with E-state index in [0.717, 1.165) is 55.2 Å². The number of carbonyl (C=O) groups is 2. The maximum absolute atomic E-state index is 14.6. The van der Waals surface area contributed by atoms with Crippen LogP contribution >= 0.6 is 0 Å². The monoisotopic (exact) mass is 644 g/mol. The molecule has 0 aliphatic carbocycles. The molecule has 1 aliphatic heterocycles. The summed E-state index contributed by atoms with van der Waals surface area (Å²) in [5, 5.41) is 2.16. The molecule has 0 atom stereocenters. The van der Waals surface area contributed by atoms with Crippen molar-refractivity contribution in [2.75, 3.05) is 4.90 Å². The van der Waals surface area contributed by atoms with Crippen LogP contribution in [0.1, 0.15) is 31.8 Å². The largest absolute Gasteiger partial charge is 0.308 e. The first kappa shape index (κ1) is 29.6. The van der Waals surface area contributed by atoms with Crippen molar-refractivity contribution in [3.8, 4) is 39.1 Å². The fraction of sp³-hybridized carbons (Fsp3) is 0.0435. The molecule has 7 aromatic carbocycles. The van der Waals surface area contributed by atoms with Gasteiger partial charge in [-0.15, -0.1) is 0 Å². The van der Waals surface area contributed by atoms with Gasteiger partial charge in [-0.3, -0.25) is 9.59 Å². The summed E-state index contributed by atoms with van der Waals surface area (Å²) in [5.41, 5.74) is 12.7. The Morgan fingerprint density at radius 1 is 0.420 bits per heavy atom. The van der Waals surface area contributed by atoms with Crippen molar-refractivity contribution < 1.29 is 9.59 Å². The molecule has 8 aromatic rings. The minimum atomic E-state index is -0.328. The highest BCUT2D eigenvalue weighted by Gasteiger charge is 2.39. The van der Waals surface area contributed by atoms with E-state index in [0.29, 0.717) is 22.5 Å². The second-order valence-electron chi connectivity index (χ2n) is 13.1. The summed E-state index contributed by atoms with van der Waals surface area (Å²) in [6.07, 6.45) is 0. The fourth-order valence-corrected chi connectivity index (χ4v) is 7.43. The Morgan fingerprint density at radius 2 is 0.940 bits per heavy atom. The summed E-state index contributed by atoms with van der Waals surface area (Å²) in [7, 11) is 0. The number of fused-ring (bicyclic) bond motifs is 4. The third-order valence-electron chi connectivity index (χ3n) is 9.82. The number of aromatic nitrogens is 1. The Kier molecular flexibility index (Phi) is 6.85. The van der Waals surface area contributed by atoms with Gasteiger partial charge in [-0.2, -0.15) is 0 Å². The first-order valence-electron chi connectivity index (χ1n) is 16.8. The van der Waals surface area contributed by atoms with E-state index in [4.69, 9.17) is 0 Å². The van der Waals surface area contributed by atoms with Gasteiger partial charge in [-0.1, -0.05) is 132 Å². The van der Waals surface area contributed by atoms with E-state index in [1.807, 2.05) is 66.7 Å². The Balaban J connectivity index is 1.27. The lowest BCUT2D eigenvalue weighted by atomic mass is 10.0. The Morgan fingerprint density at radius 3 is 1.54 bits per heavy atom. The highest BCUT2D eigenvalue weighted by molar-refractivity contribution is 6.36. The highest BCUT2D eigenvalue weighted by atomic mass is 16.2. The Labute approximate surface area is 290 Å². The van der Waals surface area contributed by atoms with Crippen LogP contribution in [-0.4, -0.2) is 16.4 Å². The minimum absolute atomic E-state index is 0.321. The average molecular weight is 645 g/mol. The number of hydrogen-bond acceptors (Lipinski definition) is 2. The van der Waals surface area contributed by atoms with Gasteiger partial charge in [-0.25, -0.2) is 4.90 Å². The van der Waals surface area contributed by atoms with Crippen LogP contribution in [0.4, 0.5) is 5.69 Å². The average Bonchev–Trinajstić information content (AvgIpc) is 3.61. The predicted octanol–water partition coefficient (Wildman–Crippen LogP) is 11.2. The van der Waals surface area contributed by atoms with Gasteiger partial charge in [0.05, 0.1) is 33.5 Å². The van der Waals surface area contributed by atoms with Crippen LogP contribution < -0.4 is 4.90 Å². The van der Waals surface area contributed by atoms with Crippen molar-refractivity contribution in [1.82, 2.24) is 4.57 Å². The van der Waals surface area contributed by atoms with Gasteiger partial charge in [-0.05, 0) is 83.6 Å². The summed E-state index contributed by atoms with van der Waals surface area (Å²) >= 11 is 0. The lowest BCUT2D eigenvalue weighted by molar-refractivity contribution is 0.0926. The quantitative estimate of drug-likeness (QED) is 0.175. The van der Waals surface area contributed by atoms with Crippen LogP contribution in [-0.2, 0) is 0 Å². The van der Waals surface area contributed by atoms with Crippen molar-refractivity contribution in [3.63, 3.8) is 0 Å². The minimum Gasteiger partial charge on any atom is -0.308 e. The van der Waals surface area contributed by atoms with Gasteiger partial charge in [0.1, 0.15) is 0 Å². The molecule has 9 rings (SSSR count). The van der Waals surface area contributed by atoms with E-state index in [1.54, 1.807) is 6.07 Å². The van der Waals surface area contributed by atoms with Crippen molar-refractivity contribution >= 4 is 39.3 Å². The van der Waals surface area contributed by atoms with Crippen molar-refractivity contribution in [2.45, 2.75) is 13.8 Å². The number of benzene rings is 7. The van der Waals surface area contributed by atoms with E-state index >= 15 is 0 Å². The number of carbonyl (C=O) groups excluding carboxylic acids is 2. The molecule has 0 bridgehead atoms. The molecule has 0 saturated carbocycles. The molecule has 4 heteroatoms. The number of hydrogen-bond donors (Lipinski definition) is 0. The highest BCUT2D eigenvalue weighted by Crippen LogP contribution is 2.41. The van der Waals surface area contributed by atoms with Crippen LogP contribution in [0.15, 0.2) is 158 Å². The van der Waals surface area contributed by atoms with Gasteiger partial charge < -0.3 is 4.57 Å². The molecular formula is C46H32N2O2. The molecule has 1 aliphatic rings. The van der Waals surface area contributed by atoms with Gasteiger partial charge >= 0.3 is 0 Å². The van der Waals surface area contributed by atoms with Gasteiger partial charge in [0, 0.05) is 10.8 Å². The summed E-state index contributed by atoms with van der Waals surface area (Å²) in [6.45, 7) is 4.20. The molecule has 238 valence electrons. The molecule has 0 saturated heterocycles. The molecule has 0 radical (unpaired) electrons. The van der Waals surface area contributed by atoms with Gasteiger partial charge in [0.15, 0.2) is 0 Å². The molecule has 2 heterocycles. The Hall–Kier alpha value is -6.52. The van der Waals surface area contributed by atoms with Gasteiger partial charge in [0.2, 0.25) is 0 Å². The van der Waals surface area contributed by atoms with Crippen LogP contribution in [0, 0.1) is 13.8 Å². The summed E-state index contributed by atoms with van der Waals surface area (Å²) in [4.78, 5) is 30.1. The van der Waals surface area contributed by atoms with E-state index in [9.17, 15) is 9.59 Å². The zero-order chi connectivity index (χ0) is 33.9.